The van der Waals surface area contributed by atoms with Crippen LogP contribution < -0.4 is 4.74 Å². The fraction of sp³-hybridized carbons (Fsp3) is 0.650. The van der Waals surface area contributed by atoms with Gasteiger partial charge in [0.2, 0.25) is 15.9 Å². The van der Waals surface area contributed by atoms with Crippen LogP contribution in [0, 0.1) is 11.8 Å². The highest BCUT2D eigenvalue weighted by molar-refractivity contribution is 7.89. The highest BCUT2D eigenvalue weighted by atomic mass is 32.2. The Balaban J connectivity index is 1.61. The molecule has 0 N–H and O–H groups in total. The summed E-state index contributed by atoms with van der Waals surface area (Å²) in [5.74, 6) is -0.510. The first-order valence-corrected chi connectivity index (χ1v) is 11.8. The number of ether oxygens (including phenoxy) is 2. The second-order valence-electron chi connectivity index (χ2n) is 7.81. The number of alkyl halides is 3. The van der Waals surface area contributed by atoms with Crippen LogP contribution in [0.5, 0.6) is 5.75 Å². The number of halogens is 3. The molecular formula is C20H27F3N2O5S. The van der Waals surface area contributed by atoms with Crippen molar-refractivity contribution in [2.24, 2.45) is 11.8 Å². The third-order valence-electron chi connectivity index (χ3n) is 5.68. The van der Waals surface area contributed by atoms with E-state index in [4.69, 9.17) is 4.74 Å². The monoisotopic (exact) mass is 464 g/mol. The van der Waals surface area contributed by atoms with Gasteiger partial charge in [-0.15, -0.1) is 13.2 Å². The second-order valence-corrected chi connectivity index (χ2v) is 9.75. The van der Waals surface area contributed by atoms with Gasteiger partial charge in [-0.1, -0.05) is 6.07 Å². The lowest BCUT2D eigenvalue weighted by molar-refractivity contribution is -0.274. The minimum Gasteiger partial charge on any atom is -0.406 e. The molecule has 1 aromatic carbocycles. The summed E-state index contributed by atoms with van der Waals surface area (Å²) < 4.78 is 73.5. The number of amides is 1. The molecule has 1 aromatic rings. The molecule has 11 heteroatoms. The van der Waals surface area contributed by atoms with Crippen LogP contribution in [0.3, 0.4) is 0 Å². The number of hydrogen-bond donors (Lipinski definition) is 0. The Morgan fingerprint density at radius 3 is 2.55 bits per heavy atom. The molecule has 1 unspecified atom stereocenters. The fourth-order valence-electron chi connectivity index (χ4n) is 4.00. The maximum Gasteiger partial charge on any atom is 0.573 e. The van der Waals surface area contributed by atoms with Crippen molar-refractivity contribution in [2.45, 2.75) is 37.4 Å². The van der Waals surface area contributed by atoms with Gasteiger partial charge in [0, 0.05) is 50.7 Å². The number of rotatable bonds is 7. The molecule has 2 saturated heterocycles. The molecule has 2 heterocycles. The zero-order chi connectivity index (χ0) is 22.6. The van der Waals surface area contributed by atoms with E-state index >= 15 is 0 Å². The first kappa shape index (κ1) is 23.8. The van der Waals surface area contributed by atoms with Gasteiger partial charge < -0.3 is 14.4 Å². The van der Waals surface area contributed by atoms with Crippen LogP contribution in [-0.4, -0.2) is 69.3 Å². The Kier molecular flexibility index (Phi) is 7.48. The summed E-state index contributed by atoms with van der Waals surface area (Å²) in [6, 6.07) is 4.35. The summed E-state index contributed by atoms with van der Waals surface area (Å²) in [6.07, 6.45) is -3.24. The molecular weight excluding hydrogens is 437 g/mol. The Labute approximate surface area is 180 Å². The maximum atomic E-state index is 12.9. The van der Waals surface area contributed by atoms with Crippen molar-refractivity contribution >= 4 is 15.9 Å². The van der Waals surface area contributed by atoms with E-state index in [9.17, 15) is 26.4 Å². The highest BCUT2D eigenvalue weighted by Crippen LogP contribution is 2.29. The molecule has 0 spiro atoms. The van der Waals surface area contributed by atoms with Crippen LogP contribution >= 0.6 is 0 Å². The second kappa shape index (κ2) is 9.74. The van der Waals surface area contributed by atoms with Crippen LogP contribution in [0.2, 0.25) is 0 Å². The molecule has 2 fully saturated rings. The average molecular weight is 465 g/mol. The molecule has 1 amide bonds. The SMILES string of the molecule is CCN(CC1CCOC1)C(=O)C1CCN(S(=O)(=O)c2cccc(OC(F)(F)F)c2)CC1. The van der Waals surface area contributed by atoms with Crippen LogP contribution in [0.4, 0.5) is 13.2 Å². The summed E-state index contributed by atoms with van der Waals surface area (Å²) in [7, 11) is -3.99. The van der Waals surface area contributed by atoms with Crippen molar-refractivity contribution in [2.75, 3.05) is 39.4 Å². The topological polar surface area (TPSA) is 76.2 Å². The van der Waals surface area contributed by atoms with Crippen molar-refractivity contribution in [1.29, 1.82) is 0 Å². The molecule has 0 saturated carbocycles. The van der Waals surface area contributed by atoms with Crippen molar-refractivity contribution in [3.05, 3.63) is 24.3 Å². The third kappa shape index (κ3) is 6.11. The molecule has 2 aliphatic heterocycles. The van der Waals surface area contributed by atoms with Gasteiger partial charge in [-0.05, 0) is 38.3 Å². The number of nitrogens with zero attached hydrogens (tertiary/aromatic N) is 2. The van der Waals surface area contributed by atoms with Gasteiger partial charge in [0.25, 0.3) is 0 Å². The zero-order valence-electron chi connectivity index (χ0n) is 17.3. The van der Waals surface area contributed by atoms with Gasteiger partial charge in [-0.2, -0.15) is 4.31 Å². The summed E-state index contributed by atoms with van der Waals surface area (Å²) in [5, 5.41) is 0. The minimum atomic E-state index is -4.91. The standard InChI is InChI=1S/C20H27F3N2O5S/c1-2-24(13-15-8-11-29-14-15)19(26)16-6-9-25(10-7-16)31(27,28)18-5-3-4-17(12-18)30-20(21,22)23/h3-5,12,15-16H,2,6-11,13-14H2,1H3. The summed E-state index contributed by atoms with van der Waals surface area (Å²) >= 11 is 0. The summed E-state index contributed by atoms with van der Waals surface area (Å²) in [4.78, 5) is 14.5. The van der Waals surface area contributed by atoms with E-state index in [-0.39, 0.29) is 29.8 Å². The molecule has 1 atom stereocenters. The fourth-order valence-corrected chi connectivity index (χ4v) is 5.50. The Morgan fingerprint density at radius 2 is 1.97 bits per heavy atom. The van der Waals surface area contributed by atoms with E-state index in [2.05, 4.69) is 4.74 Å². The lowest BCUT2D eigenvalue weighted by Crippen LogP contribution is -2.45. The molecule has 0 aromatic heterocycles. The van der Waals surface area contributed by atoms with Gasteiger partial charge in [0.1, 0.15) is 5.75 Å². The maximum absolute atomic E-state index is 12.9. The largest absolute Gasteiger partial charge is 0.573 e. The highest BCUT2D eigenvalue weighted by Gasteiger charge is 2.35. The molecule has 7 nitrogen and oxygen atoms in total. The molecule has 2 aliphatic rings. The smallest absolute Gasteiger partial charge is 0.406 e. The van der Waals surface area contributed by atoms with Crippen molar-refractivity contribution in [1.82, 2.24) is 9.21 Å². The molecule has 174 valence electrons. The lowest BCUT2D eigenvalue weighted by Gasteiger charge is -2.34. The van der Waals surface area contributed by atoms with Crippen LogP contribution in [0.1, 0.15) is 26.2 Å². The number of carbonyl (C=O) groups is 1. The normalized spacial score (nSPS) is 21.2. The first-order chi connectivity index (χ1) is 14.6. The van der Waals surface area contributed by atoms with Gasteiger partial charge in [-0.3, -0.25) is 4.79 Å². The van der Waals surface area contributed by atoms with Crippen LogP contribution in [0.15, 0.2) is 29.2 Å². The summed E-state index contributed by atoms with van der Waals surface area (Å²) in [5.41, 5.74) is 0. The Hall–Kier alpha value is -1.85. The van der Waals surface area contributed by atoms with E-state index in [1.165, 1.54) is 16.4 Å². The van der Waals surface area contributed by atoms with E-state index in [0.717, 1.165) is 18.6 Å². The third-order valence-corrected chi connectivity index (χ3v) is 7.57. The predicted molar refractivity (Wildman–Crippen MR) is 106 cm³/mol. The van der Waals surface area contributed by atoms with Crippen LogP contribution in [0.25, 0.3) is 0 Å². The molecule has 0 aliphatic carbocycles. The number of piperidine rings is 1. The van der Waals surface area contributed by atoms with Gasteiger partial charge in [-0.25, -0.2) is 8.42 Å². The summed E-state index contributed by atoms with van der Waals surface area (Å²) in [6.45, 7) is 4.77. The van der Waals surface area contributed by atoms with Crippen molar-refractivity contribution in [3.63, 3.8) is 0 Å². The van der Waals surface area contributed by atoms with E-state index in [0.29, 0.717) is 45.1 Å². The molecule has 0 radical (unpaired) electrons. The average Bonchev–Trinajstić information content (AvgIpc) is 3.24. The molecule has 3 rings (SSSR count). The Morgan fingerprint density at radius 1 is 1.26 bits per heavy atom. The quantitative estimate of drug-likeness (QED) is 0.620. The van der Waals surface area contributed by atoms with Gasteiger partial charge >= 0.3 is 6.36 Å². The number of hydrogen-bond acceptors (Lipinski definition) is 5. The number of sulfonamides is 1. The van der Waals surface area contributed by atoms with Crippen molar-refractivity contribution < 1.29 is 35.9 Å². The zero-order valence-corrected chi connectivity index (χ0v) is 18.1. The van der Waals surface area contributed by atoms with E-state index in [1.807, 2.05) is 11.8 Å². The van der Waals surface area contributed by atoms with E-state index < -0.39 is 22.1 Å². The van der Waals surface area contributed by atoms with E-state index in [1.54, 1.807) is 0 Å². The van der Waals surface area contributed by atoms with Crippen molar-refractivity contribution in [3.8, 4) is 5.75 Å². The predicted octanol–water partition coefficient (Wildman–Crippen LogP) is 2.87. The number of carbonyl (C=O) groups excluding carboxylic acids is 1. The first-order valence-electron chi connectivity index (χ1n) is 10.3. The minimum absolute atomic E-state index is 0.0204. The van der Waals surface area contributed by atoms with Gasteiger partial charge in [0.05, 0.1) is 11.5 Å². The molecule has 31 heavy (non-hydrogen) atoms. The Bertz CT molecular complexity index is 864. The molecule has 0 bridgehead atoms. The lowest BCUT2D eigenvalue weighted by atomic mass is 9.96. The van der Waals surface area contributed by atoms with Crippen LogP contribution in [-0.2, 0) is 19.6 Å². The number of benzene rings is 1. The van der Waals surface area contributed by atoms with Gasteiger partial charge in [0.15, 0.2) is 0 Å².